The number of phosphoric ester groups is 1. The van der Waals surface area contributed by atoms with Crippen LogP contribution in [0.1, 0.15) is 69.9 Å². The topological polar surface area (TPSA) is 114 Å². The zero-order valence-corrected chi connectivity index (χ0v) is 21.9. The van der Waals surface area contributed by atoms with Crippen molar-refractivity contribution < 1.29 is 37.9 Å². The molecule has 0 aliphatic heterocycles. The van der Waals surface area contributed by atoms with Crippen LogP contribution >= 0.6 is 7.82 Å². The van der Waals surface area contributed by atoms with E-state index in [0.29, 0.717) is 12.0 Å². The number of allylic oxidation sites excluding steroid dienone is 3. The van der Waals surface area contributed by atoms with Crippen LogP contribution in [0.25, 0.3) is 0 Å². The van der Waals surface area contributed by atoms with Crippen LogP contribution in [0.15, 0.2) is 35.9 Å². The predicted octanol–water partition coefficient (Wildman–Crippen LogP) is 4.95. The fourth-order valence-electron chi connectivity index (χ4n) is 4.54. The number of phenols is 1. The number of hydrogen-bond acceptors (Lipinski definition) is 8. The van der Waals surface area contributed by atoms with E-state index < -0.39 is 19.4 Å². The maximum Gasteiger partial charge on any atom is 0.344 e. The highest BCUT2D eigenvalue weighted by Crippen LogP contribution is 2.54. The number of phosphoric acid groups is 1. The van der Waals surface area contributed by atoms with Gasteiger partial charge in [0.05, 0.1) is 13.2 Å². The Hall–Kier alpha value is -1.96. The molecule has 3 atom stereocenters. The van der Waals surface area contributed by atoms with Crippen molar-refractivity contribution >= 4 is 13.8 Å². The largest absolute Gasteiger partial charge is 0.756 e. The van der Waals surface area contributed by atoms with Gasteiger partial charge >= 0.3 is 5.97 Å². The second kappa shape index (κ2) is 11.4. The molecule has 8 nitrogen and oxygen atoms in total. The highest BCUT2D eigenvalue weighted by molar-refractivity contribution is 7.46. The third-order valence-electron chi connectivity index (χ3n) is 6.53. The molecule has 0 bridgehead atoms. The van der Waals surface area contributed by atoms with Gasteiger partial charge in [0.1, 0.15) is 11.5 Å². The minimum absolute atomic E-state index is 0.0455. The summed E-state index contributed by atoms with van der Waals surface area (Å²) in [6.45, 7) is 10.0. The molecule has 0 amide bonds. The minimum atomic E-state index is -4.74. The van der Waals surface area contributed by atoms with Crippen molar-refractivity contribution in [2.45, 2.75) is 70.8 Å². The lowest BCUT2D eigenvalue weighted by Crippen LogP contribution is -2.32. The van der Waals surface area contributed by atoms with E-state index in [-0.39, 0.29) is 49.4 Å². The van der Waals surface area contributed by atoms with Gasteiger partial charge in [-0.15, -0.1) is 0 Å². The smallest absolute Gasteiger partial charge is 0.344 e. The number of aromatic hydroxyl groups is 1. The molecule has 35 heavy (non-hydrogen) atoms. The van der Waals surface area contributed by atoms with E-state index in [0.717, 1.165) is 30.4 Å². The van der Waals surface area contributed by atoms with Crippen molar-refractivity contribution in [2.24, 2.45) is 5.92 Å². The molecule has 1 unspecified atom stereocenters. The molecule has 1 aromatic carbocycles. The molecule has 1 aromatic rings. The number of rotatable bonds is 12. The Labute approximate surface area is 207 Å². The van der Waals surface area contributed by atoms with Crippen molar-refractivity contribution in [3.63, 3.8) is 0 Å². The third-order valence-corrected chi connectivity index (χ3v) is 7.61. The van der Waals surface area contributed by atoms with E-state index in [1.165, 1.54) is 12.7 Å². The maximum absolute atomic E-state index is 13.2. The molecule has 2 aliphatic carbocycles. The Morgan fingerprint density at radius 1 is 1.31 bits per heavy atom. The summed E-state index contributed by atoms with van der Waals surface area (Å²) in [7, 11) is -3.32. The van der Waals surface area contributed by atoms with Crippen LogP contribution in [-0.2, 0) is 29.6 Å². The van der Waals surface area contributed by atoms with E-state index in [1.807, 2.05) is 20.8 Å². The number of benzene rings is 1. The molecular formula is C26H36O8P-. The van der Waals surface area contributed by atoms with Crippen molar-refractivity contribution in [2.75, 3.05) is 20.3 Å². The number of hydrogen-bond donors (Lipinski definition) is 1. The Balaban J connectivity index is 1.93. The van der Waals surface area contributed by atoms with E-state index >= 15 is 0 Å². The SMILES string of the molecule is C=C(C)[C@@H]1CCC(C)=C[C@H]1c1c(O)cc(CCC)cc1OC(=O)C1(OP(=O)([O-])OCCOC)CC1. The molecule has 1 N–H and O–H groups in total. The lowest BCUT2D eigenvalue weighted by molar-refractivity contribution is -0.233. The Kier molecular flexibility index (Phi) is 9.00. The summed E-state index contributed by atoms with van der Waals surface area (Å²) in [5.74, 6) is -0.706. The van der Waals surface area contributed by atoms with E-state index in [2.05, 4.69) is 12.7 Å². The Bertz CT molecular complexity index is 1030. The first kappa shape index (κ1) is 27.6. The zero-order chi connectivity index (χ0) is 25.8. The molecule has 0 heterocycles. The van der Waals surface area contributed by atoms with Gasteiger partial charge < -0.3 is 24.0 Å². The molecule has 0 saturated heterocycles. The van der Waals surface area contributed by atoms with Gasteiger partial charge in [0.15, 0.2) is 5.60 Å². The lowest BCUT2D eigenvalue weighted by atomic mass is 9.73. The van der Waals surface area contributed by atoms with Gasteiger partial charge in [-0.2, -0.15) is 0 Å². The van der Waals surface area contributed by atoms with Crippen molar-refractivity contribution in [3.8, 4) is 11.5 Å². The van der Waals surface area contributed by atoms with E-state index in [1.54, 1.807) is 12.1 Å². The summed E-state index contributed by atoms with van der Waals surface area (Å²) >= 11 is 0. The monoisotopic (exact) mass is 507 g/mol. The molecule has 1 fully saturated rings. The predicted molar refractivity (Wildman–Crippen MR) is 130 cm³/mol. The number of esters is 1. The highest BCUT2D eigenvalue weighted by atomic mass is 31.2. The number of phenolic OH excluding ortho intramolecular Hbond substituents is 1. The molecule has 194 valence electrons. The average Bonchev–Trinajstić information content (AvgIpc) is 3.53. The Morgan fingerprint density at radius 2 is 2.03 bits per heavy atom. The lowest BCUT2D eigenvalue weighted by Gasteiger charge is -2.32. The van der Waals surface area contributed by atoms with Crippen molar-refractivity contribution in [1.82, 2.24) is 0 Å². The third kappa shape index (κ3) is 6.83. The molecular weight excluding hydrogens is 471 g/mol. The maximum atomic E-state index is 13.2. The number of ether oxygens (including phenoxy) is 2. The first-order chi connectivity index (χ1) is 16.5. The van der Waals surface area contributed by atoms with Crippen LogP contribution < -0.4 is 9.63 Å². The van der Waals surface area contributed by atoms with Gasteiger partial charge in [-0.3, -0.25) is 9.09 Å². The first-order valence-electron chi connectivity index (χ1n) is 12.1. The van der Waals surface area contributed by atoms with Gasteiger partial charge in [-0.1, -0.05) is 37.1 Å². The van der Waals surface area contributed by atoms with Crippen LogP contribution in [0.5, 0.6) is 11.5 Å². The number of carbonyl (C=O) groups excluding carboxylic acids is 1. The van der Waals surface area contributed by atoms with Gasteiger partial charge in [-0.05, 0) is 69.6 Å². The zero-order valence-electron chi connectivity index (χ0n) is 21.0. The average molecular weight is 508 g/mol. The summed E-state index contributed by atoms with van der Waals surface area (Å²) in [4.78, 5) is 25.4. The molecule has 9 heteroatoms. The second-order valence-corrected chi connectivity index (χ2v) is 10.9. The molecule has 2 aliphatic rings. The van der Waals surface area contributed by atoms with Crippen LogP contribution in [0.2, 0.25) is 0 Å². The molecule has 0 spiro atoms. The van der Waals surface area contributed by atoms with Crippen molar-refractivity contribution in [1.29, 1.82) is 0 Å². The van der Waals surface area contributed by atoms with E-state index in [9.17, 15) is 19.4 Å². The van der Waals surface area contributed by atoms with Crippen LogP contribution in [0, 0.1) is 5.92 Å². The van der Waals surface area contributed by atoms with Gasteiger partial charge in [0, 0.05) is 18.6 Å². The van der Waals surface area contributed by atoms with Gasteiger partial charge in [0.25, 0.3) is 7.82 Å². The summed E-state index contributed by atoms with van der Waals surface area (Å²) < 4.78 is 32.8. The number of carbonyl (C=O) groups is 1. The standard InChI is InChI=1S/C26H37O8P/c1-6-7-19-15-22(27)24(21-14-18(4)8-9-20(21)17(2)3)23(16-19)33-25(28)26(10-11-26)34-35(29,30)32-13-12-31-5/h14-16,20-21,27H,2,6-13H2,1,3-5H3,(H,29,30)/p-1/t20-,21+/m0/s1. The molecule has 3 rings (SSSR count). The number of methoxy groups -OCH3 is 1. The van der Waals surface area contributed by atoms with E-state index in [4.69, 9.17) is 18.5 Å². The number of aryl methyl sites for hydroxylation is 1. The fourth-order valence-corrected chi connectivity index (χ4v) is 5.57. The van der Waals surface area contributed by atoms with Crippen LogP contribution in [0.4, 0.5) is 0 Å². The summed E-state index contributed by atoms with van der Waals surface area (Å²) in [6, 6.07) is 3.47. The molecule has 1 saturated carbocycles. The highest BCUT2D eigenvalue weighted by Gasteiger charge is 2.56. The second-order valence-electron chi connectivity index (χ2n) is 9.56. The summed E-state index contributed by atoms with van der Waals surface area (Å²) in [6.07, 6.45) is 5.80. The normalized spacial score (nSPS) is 22.7. The van der Waals surface area contributed by atoms with Crippen LogP contribution in [0.3, 0.4) is 0 Å². The molecule has 0 radical (unpaired) electrons. The van der Waals surface area contributed by atoms with Gasteiger partial charge in [-0.25, -0.2) is 4.79 Å². The quantitative estimate of drug-likeness (QED) is 0.139. The fraction of sp³-hybridized carbons (Fsp3) is 0.577. The minimum Gasteiger partial charge on any atom is -0.756 e. The van der Waals surface area contributed by atoms with Crippen molar-refractivity contribution in [3.05, 3.63) is 47.1 Å². The Morgan fingerprint density at radius 3 is 2.63 bits per heavy atom. The van der Waals surface area contributed by atoms with Gasteiger partial charge in [0.2, 0.25) is 0 Å². The van der Waals surface area contributed by atoms with Crippen LogP contribution in [-0.4, -0.2) is 37.0 Å². The summed E-state index contributed by atoms with van der Waals surface area (Å²) in [5.41, 5.74) is 1.87. The molecule has 0 aromatic heterocycles. The summed E-state index contributed by atoms with van der Waals surface area (Å²) in [5, 5.41) is 11.1. The first-order valence-corrected chi connectivity index (χ1v) is 13.5.